The minimum absolute atomic E-state index is 0.0538. The largest absolute Gasteiger partial charge is 0.392 e. The van der Waals surface area contributed by atoms with Gasteiger partial charge < -0.3 is 10.2 Å². The van der Waals surface area contributed by atoms with Crippen LogP contribution >= 0.6 is 0 Å². The summed E-state index contributed by atoms with van der Waals surface area (Å²) in [5.41, 5.74) is 2.57. The van der Waals surface area contributed by atoms with E-state index in [0.717, 1.165) is 24.8 Å². The topological polar surface area (TPSA) is 40.5 Å². The van der Waals surface area contributed by atoms with E-state index in [1.807, 2.05) is 6.08 Å². The summed E-state index contributed by atoms with van der Waals surface area (Å²) < 4.78 is 0. The SMILES string of the molecule is C=C[C@@]1(C)CCC2=C(C[C@@H](O)[C@H]3C(C)(C)CCC[C@]23C)[C@H]1O. The molecule has 0 radical (unpaired) electrons. The van der Waals surface area contributed by atoms with Crippen molar-refractivity contribution in [1.82, 2.24) is 0 Å². The second-order valence-corrected chi connectivity index (χ2v) is 9.13. The molecule has 0 aromatic rings. The van der Waals surface area contributed by atoms with Crippen LogP contribution in [0.1, 0.15) is 66.2 Å². The molecule has 0 bridgehead atoms. The number of allylic oxidation sites excluding steroid dienone is 1. The van der Waals surface area contributed by atoms with E-state index in [2.05, 4.69) is 34.3 Å². The lowest BCUT2D eigenvalue weighted by Crippen LogP contribution is -2.55. The molecule has 0 spiro atoms. The summed E-state index contributed by atoms with van der Waals surface area (Å²) in [6.45, 7) is 13.0. The van der Waals surface area contributed by atoms with Gasteiger partial charge in [0.05, 0.1) is 12.2 Å². The summed E-state index contributed by atoms with van der Waals surface area (Å²) in [6.07, 6.45) is 7.32. The molecule has 3 aliphatic rings. The van der Waals surface area contributed by atoms with E-state index in [0.29, 0.717) is 12.3 Å². The molecule has 1 saturated carbocycles. The quantitative estimate of drug-likeness (QED) is 0.712. The summed E-state index contributed by atoms with van der Waals surface area (Å²) in [7, 11) is 0. The Morgan fingerprint density at radius 3 is 2.41 bits per heavy atom. The van der Waals surface area contributed by atoms with Crippen LogP contribution in [0.15, 0.2) is 23.8 Å². The first kappa shape index (κ1) is 16.3. The van der Waals surface area contributed by atoms with Gasteiger partial charge in [0.2, 0.25) is 0 Å². The number of aliphatic hydroxyl groups is 2. The van der Waals surface area contributed by atoms with Crippen LogP contribution < -0.4 is 0 Å². The van der Waals surface area contributed by atoms with Crippen LogP contribution in [0.25, 0.3) is 0 Å². The van der Waals surface area contributed by atoms with Gasteiger partial charge in [-0.2, -0.15) is 0 Å². The molecule has 0 heterocycles. The zero-order valence-electron chi connectivity index (χ0n) is 14.7. The van der Waals surface area contributed by atoms with Crippen molar-refractivity contribution < 1.29 is 10.2 Å². The fraction of sp³-hybridized carbons (Fsp3) is 0.800. The van der Waals surface area contributed by atoms with E-state index >= 15 is 0 Å². The maximum Gasteiger partial charge on any atom is 0.0841 e. The molecule has 5 atom stereocenters. The zero-order valence-corrected chi connectivity index (χ0v) is 14.7. The molecule has 0 amide bonds. The Morgan fingerprint density at radius 2 is 1.77 bits per heavy atom. The fourth-order valence-electron chi connectivity index (χ4n) is 6.07. The van der Waals surface area contributed by atoms with E-state index < -0.39 is 6.10 Å². The maximum absolute atomic E-state index is 10.9. The van der Waals surface area contributed by atoms with Crippen LogP contribution in [0.2, 0.25) is 0 Å². The lowest BCUT2D eigenvalue weighted by molar-refractivity contribution is -0.0845. The van der Waals surface area contributed by atoms with Crippen molar-refractivity contribution in [3.63, 3.8) is 0 Å². The molecule has 0 aromatic heterocycles. The van der Waals surface area contributed by atoms with Crippen molar-refractivity contribution in [1.29, 1.82) is 0 Å². The van der Waals surface area contributed by atoms with Crippen molar-refractivity contribution in [2.45, 2.75) is 78.4 Å². The standard InChI is InChI=1S/C20H32O2/c1-6-19(4)11-8-14-13(17(19)22)12-15(21)16-18(2,3)9-7-10-20(14,16)5/h6,15-17,21-22H,1,7-12H2,2-5H3/t15-,16+,17-,19+,20-/m1/s1. The highest BCUT2D eigenvalue weighted by Gasteiger charge is 2.56. The number of aliphatic hydroxyl groups excluding tert-OH is 2. The minimum Gasteiger partial charge on any atom is -0.392 e. The van der Waals surface area contributed by atoms with Gasteiger partial charge in [-0.15, -0.1) is 6.58 Å². The predicted octanol–water partition coefficient (Wildman–Crippen LogP) is 4.23. The molecule has 0 aromatic carbocycles. The van der Waals surface area contributed by atoms with Gasteiger partial charge in [0.1, 0.15) is 0 Å². The summed E-state index contributed by atoms with van der Waals surface area (Å²) in [4.78, 5) is 0. The Bertz CT molecular complexity index is 518. The molecule has 2 nitrogen and oxygen atoms in total. The van der Waals surface area contributed by atoms with Crippen LogP contribution in [0.5, 0.6) is 0 Å². The average Bonchev–Trinajstić information content (AvgIpc) is 2.42. The normalized spacial score (nSPS) is 47.6. The van der Waals surface area contributed by atoms with Crippen molar-refractivity contribution in [2.75, 3.05) is 0 Å². The molecular weight excluding hydrogens is 272 g/mol. The molecule has 0 unspecified atom stereocenters. The molecule has 124 valence electrons. The summed E-state index contributed by atoms with van der Waals surface area (Å²) in [5.74, 6) is 0.313. The average molecular weight is 304 g/mol. The van der Waals surface area contributed by atoms with E-state index in [1.165, 1.54) is 18.4 Å². The molecule has 1 fully saturated rings. The second kappa shape index (κ2) is 4.95. The molecule has 3 aliphatic carbocycles. The highest BCUT2D eigenvalue weighted by Crippen LogP contribution is 2.62. The maximum atomic E-state index is 10.9. The van der Waals surface area contributed by atoms with E-state index in [9.17, 15) is 10.2 Å². The first-order valence-corrected chi connectivity index (χ1v) is 8.88. The van der Waals surface area contributed by atoms with Crippen LogP contribution in [0.4, 0.5) is 0 Å². The van der Waals surface area contributed by atoms with Crippen LogP contribution in [0.3, 0.4) is 0 Å². The lowest BCUT2D eigenvalue weighted by atomic mass is 9.47. The smallest absolute Gasteiger partial charge is 0.0841 e. The summed E-state index contributed by atoms with van der Waals surface area (Å²) in [5, 5.41) is 21.9. The van der Waals surface area contributed by atoms with Gasteiger partial charge in [0.15, 0.2) is 0 Å². The minimum atomic E-state index is -0.480. The van der Waals surface area contributed by atoms with E-state index in [4.69, 9.17) is 0 Å². The Balaban J connectivity index is 2.10. The van der Waals surface area contributed by atoms with Crippen molar-refractivity contribution in [3.05, 3.63) is 23.8 Å². The number of hydrogen-bond donors (Lipinski definition) is 2. The van der Waals surface area contributed by atoms with Crippen molar-refractivity contribution in [3.8, 4) is 0 Å². The molecule has 2 heteroatoms. The van der Waals surface area contributed by atoms with E-state index in [-0.39, 0.29) is 22.3 Å². The predicted molar refractivity (Wildman–Crippen MR) is 90.4 cm³/mol. The Morgan fingerprint density at radius 1 is 1.09 bits per heavy atom. The Hall–Kier alpha value is -0.600. The first-order chi connectivity index (χ1) is 10.2. The monoisotopic (exact) mass is 304 g/mol. The first-order valence-electron chi connectivity index (χ1n) is 8.88. The molecule has 0 saturated heterocycles. The molecule has 2 N–H and O–H groups in total. The number of hydrogen-bond acceptors (Lipinski definition) is 2. The zero-order chi connectivity index (χ0) is 16.3. The van der Waals surface area contributed by atoms with Gasteiger partial charge in [0.25, 0.3) is 0 Å². The summed E-state index contributed by atoms with van der Waals surface area (Å²) in [6, 6.07) is 0. The van der Waals surface area contributed by atoms with Gasteiger partial charge in [-0.25, -0.2) is 0 Å². The lowest BCUT2D eigenvalue weighted by Gasteiger charge is -2.59. The highest BCUT2D eigenvalue weighted by molar-refractivity contribution is 5.37. The van der Waals surface area contributed by atoms with E-state index in [1.54, 1.807) is 0 Å². The van der Waals surface area contributed by atoms with Gasteiger partial charge >= 0.3 is 0 Å². The molecular formula is C20H32O2. The fourth-order valence-corrected chi connectivity index (χ4v) is 6.07. The third kappa shape index (κ3) is 2.06. The van der Waals surface area contributed by atoms with Crippen LogP contribution in [0, 0.1) is 22.2 Å². The van der Waals surface area contributed by atoms with Gasteiger partial charge in [-0.3, -0.25) is 0 Å². The summed E-state index contributed by atoms with van der Waals surface area (Å²) >= 11 is 0. The van der Waals surface area contributed by atoms with Crippen LogP contribution in [-0.4, -0.2) is 22.4 Å². The van der Waals surface area contributed by atoms with Gasteiger partial charge in [-0.1, -0.05) is 45.8 Å². The number of fused-ring (bicyclic) bond motifs is 2. The number of rotatable bonds is 1. The third-order valence-corrected chi connectivity index (χ3v) is 7.27. The molecule has 3 rings (SSSR count). The Labute approximate surface area is 135 Å². The second-order valence-electron chi connectivity index (χ2n) is 9.13. The van der Waals surface area contributed by atoms with Crippen molar-refractivity contribution in [2.24, 2.45) is 22.2 Å². The molecule has 0 aliphatic heterocycles. The third-order valence-electron chi connectivity index (χ3n) is 7.27. The highest BCUT2D eigenvalue weighted by atomic mass is 16.3. The Kier molecular flexibility index (Phi) is 3.66. The van der Waals surface area contributed by atoms with Crippen molar-refractivity contribution >= 4 is 0 Å². The molecule has 22 heavy (non-hydrogen) atoms. The van der Waals surface area contributed by atoms with Crippen LogP contribution in [-0.2, 0) is 0 Å². The van der Waals surface area contributed by atoms with Gasteiger partial charge in [0, 0.05) is 5.41 Å². The van der Waals surface area contributed by atoms with Gasteiger partial charge in [-0.05, 0) is 54.4 Å².